The van der Waals surface area contributed by atoms with Crippen molar-refractivity contribution in [1.82, 2.24) is 0 Å². The fraction of sp³-hybridized carbons (Fsp3) is 0.432. The van der Waals surface area contributed by atoms with Crippen molar-refractivity contribution in [3.05, 3.63) is 144 Å². The Morgan fingerprint density at radius 2 is 1.00 bits per heavy atom. The van der Waals surface area contributed by atoms with Crippen molar-refractivity contribution >= 4 is 5.97 Å². The van der Waals surface area contributed by atoms with Crippen LogP contribution in [0.5, 0.6) is 0 Å². The van der Waals surface area contributed by atoms with E-state index in [4.69, 9.17) is 38.6 Å². The molecule has 1 fully saturated rings. The van der Waals surface area contributed by atoms with E-state index in [2.05, 4.69) is 0 Å². The predicted molar refractivity (Wildman–Crippen MR) is 200 cm³/mol. The summed E-state index contributed by atoms with van der Waals surface area (Å²) in [5, 5.41) is 0. The lowest BCUT2D eigenvalue weighted by molar-refractivity contribution is -0.328. The first-order valence-electron chi connectivity index (χ1n) is 20.5. The largest absolute Gasteiger partial charge is 0.469 e. The summed E-state index contributed by atoms with van der Waals surface area (Å²) in [6.07, 6.45) is 0.490. The highest BCUT2D eigenvalue weighted by atomic mass is 16.7. The monoisotopic (exact) mass is 714 g/mol. The van der Waals surface area contributed by atoms with E-state index in [9.17, 15) is 4.79 Å². The Morgan fingerprint density at radius 3 is 1.52 bits per heavy atom. The predicted octanol–water partition coefficient (Wildman–Crippen LogP) is 8.60. The van der Waals surface area contributed by atoms with Crippen LogP contribution in [-0.4, -0.2) is 57.0 Å². The molecule has 52 heavy (non-hydrogen) atoms. The number of hydrogen-bond acceptors (Lipinski definition) is 8. The summed E-state index contributed by atoms with van der Waals surface area (Å²) in [6, 6.07) is 36.5. The van der Waals surface area contributed by atoms with Gasteiger partial charge in [0, 0.05) is 13.0 Å². The van der Waals surface area contributed by atoms with Gasteiger partial charge in [0.15, 0.2) is 6.29 Å². The van der Waals surface area contributed by atoms with Crippen LogP contribution >= 0.6 is 0 Å². The van der Waals surface area contributed by atoms with E-state index in [1.54, 1.807) is 36.4 Å². The third kappa shape index (κ3) is 13.6. The molecule has 8 heteroatoms. The molecule has 8 nitrogen and oxygen atoms in total. The van der Waals surface area contributed by atoms with E-state index in [1.807, 2.05) is 84.9 Å². The molecule has 0 aromatic heterocycles. The molecule has 1 saturated heterocycles. The number of ether oxygens (including phenoxy) is 7. The molecule has 0 N–H and O–H groups in total. The fourth-order valence-corrected chi connectivity index (χ4v) is 5.83. The minimum atomic E-state index is -1.19. The summed E-state index contributed by atoms with van der Waals surface area (Å²) in [4.78, 5) is 11.4. The first kappa shape index (κ1) is 33.9. The molecule has 0 saturated carbocycles. The third-order valence-corrected chi connectivity index (χ3v) is 8.64. The molecule has 0 amide bonds. The van der Waals surface area contributed by atoms with Gasteiger partial charge in [0.2, 0.25) is 0 Å². The molecule has 1 aliphatic heterocycles. The number of rotatable bonds is 23. The van der Waals surface area contributed by atoms with Gasteiger partial charge in [0.25, 0.3) is 0 Å². The molecule has 0 bridgehead atoms. The van der Waals surface area contributed by atoms with Crippen LogP contribution in [0.2, 0.25) is 0 Å². The zero-order valence-electron chi connectivity index (χ0n) is 33.9. The summed E-state index contributed by atoms with van der Waals surface area (Å²) >= 11 is 0. The summed E-state index contributed by atoms with van der Waals surface area (Å²) in [5.41, 5.74) is 2.46. The van der Waals surface area contributed by atoms with E-state index < -0.39 is 57.0 Å². The molecule has 1 heterocycles. The van der Waals surface area contributed by atoms with Crippen molar-refractivity contribution in [3.63, 3.8) is 0 Å². The van der Waals surface area contributed by atoms with Crippen LogP contribution < -0.4 is 0 Å². The Hall–Kier alpha value is -3.89. The minimum absolute atomic E-state index is 0.121. The SMILES string of the molecule is [2H]C(OC[C@H]1OC(OCCCCCCCCC(=O)OC)[C@@H](OC([2H])c2ccccc2)[C@@H](OC([2H])c2ccccc2)[C@@H]1OC([2H])c1ccccc1)c1ccccc1. The molecule has 278 valence electrons. The highest BCUT2D eigenvalue weighted by Crippen LogP contribution is 2.32. The molecule has 0 spiro atoms. The second-order valence-electron chi connectivity index (χ2n) is 12.6. The first-order valence-corrected chi connectivity index (χ1v) is 18.1. The summed E-state index contributed by atoms with van der Waals surface area (Å²) < 4.78 is 79.6. The number of benzene rings is 4. The molecular weight excluding hydrogens is 656 g/mol. The number of methoxy groups -OCH3 is 1. The molecular formula is C44H54O8. The lowest BCUT2D eigenvalue weighted by Gasteiger charge is -2.46. The van der Waals surface area contributed by atoms with Crippen LogP contribution in [0.3, 0.4) is 0 Å². The second kappa shape index (κ2) is 22.9. The van der Waals surface area contributed by atoms with Crippen LogP contribution in [0, 0.1) is 0 Å². The van der Waals surface area contributed by atoms with Crippen LogP contribution in [-0.2, 0) is 64.3 Å². The Labute approximate surface area is 314 Å². The van der Waals surface area contributed by atoms with E-state index in [0.29, 0.717) is 35.3 Å². The Morgan fingerprint density at radius 1 is 0.558 bits per heavy atom. The third-order valence-electron chi connectivity index (χ3n) is 8.64. The van der Waals surface area contributed by atoms with Crippen molar-refractivity contribution in [2.75, 3.05) is 20.3 Å². The van der Waals surface area contributed by atoms with Crippen molar-refractivity contribution < 1.29 is 43.4 Å². The van der Waals surface area contributed by atoms with Crippen molar-refractivity contribution in [2.45, 2.75) is 102 Å². The number of carbonyl (C=O) groups is 1. The molecule has 1 aliphatic rings. The zero-order valence-corrected chi connectivity index (χ0v) is 29.9. The number of carbonyl (C=O) groups excluding carboxylic acids is 1. The van der Waals surface area contributed by atoms with Crippen molar-refractivity contribution in [3.8, 4) is 0 Å². The lowest BCUT2D eigenvalue weighted by atomic mass is 9.97. The molecule has 4 aromatic rings. The van der Waals surface area contributed by atoms with Gasteiger partial charge in [-0.2, -0.15) is 0 Å². The standard InChI is InChI=1S/C44H54O8/c1-46-40(45)28-18-4-2-3-5-19-29-48-44-43(51-33-38-26-16-9-17-27-38)42(50-32-37-24-14-8-15-25-37)41(49-31-36-22-12-7-13-23-36)39(52-44)34-47-30-35-20-10-6-11-21-35/h6-17,20-27,39,41-44H,2-5,18-19,28-34H2,1H3/t39-,41-,42+,43+,44?/m1/s1/i30D,31D,32D,33D/t30?,31?,32?,33?,39-,41-,42+,43+,44?. The molecule has 5 rings (SSSR count). The van der Waals surface area contributed by atoms with Crippen LogP contribution in [0.15, 0.2) is 121 Å². The van der Waals surface area contributed by atoms with Gasteiger partial charge in [-0.05, 0) is 35.1 Å². The first-order chi connectivity index (χ1) is 27.3. The number of hydrogen-bond donors (Lipinski definition) is 0. The van der Waals surface area contributed by atoms with Gasteiger partial charge in [0.1, 0.15) is 24.4 Å². The van der Waals surface area contributed by atoms with E-state index >= 15 is 0 Å². The van der Waals surface area contributed by atoms with Crippen LogP contribution in [0.25, 0.3) is 0 Å². The maximum atomic E-state index is 11.4. The van der Waals surface area contributed by atoms with Gasteiger partial charge in [-0.25, -0.2) is 0 Å². The zero-order chi connectivity index (χ0) is 39.5. The number of unbranched alkanes of at least 4 members (excludes halogenated alkanes) is 5. The quantitative estimate of drug-likeness (QED) is 0.0559. The van der Waals surface area contributed by atoms with E-state index in [1.165, 1.54) is 7.11 Å². The fourth-order valence-electron chi connectivity index (χ4n) is 5.83. The Kier molecular flexibility index (Phi) is 14.9. The van der Waals surface area contributed by atoms with E-state index in [0.717, 1.165) is 38.5 Å². The normalized spacial score (nSPS) is 23.6. The summed E-state index contributed by atoms with van der Waals surface area (Å²) in [5.74, 6) is -0.194. The maximum absolute atomic E-state index is 11.4. The van der Waals surface area contributed by atoms with E-state index in [-0.39, 0.29) is 12.6 Å². The smallest absolute Gasteiger partial charge is 0.305 e. The summed E-state index contributed by atoms with van der Waals surface area (Å²) in [6.45, 7) is -4.38. The average Bonchev–Trinajstić information content (AvgIpc) is 3.24. The molecule has 0 radical (unpaired) electrons. The molecule has 0 aliphatic carbocycles. The van der Waals surface area contributed by atoms with Gasteiger partial charge < -0.3 is 33.2 Å². The highest BCUT2D eigenvalue weighted by molar-refractivity contribution is 5.68. The van der Waals surface area contributed by atoms with Crippen LogP contribution in [0.4, 0.5) is 0 Å². The van der Waals surface area contributed by atoms with Gasteiger partial charge in [-0.3, -0.25) is 4.79 Å². The maximum Gasteiger partial charge on any atom is 0.305 e. The Balaban J connectivity index is 1.42. The van der Waals surface area contributed by atoms with Crippen molar-refractivity contribution in [1.29, 1.82) is 0 Å². The molecule has 9 atom stereocenters. The Bertz CT molecular complexity index is 1660. The molecule has 5 unspecified atom stereocenters. The van der Waals surface area contributed by atoms with Crippen molar-refractivity contribution in [2.24, 2.45) is 0 Å². The lowest BCUT2D eigenvalue weighted by Crippen LogP contribution is -2.61. The van der Waals surface area contributed by atoms with Gasteiger partial charge in [-0.1, -0.05) is 147 Å². The van der Waals surface area contributed by atoms with Crippen LogP contribution in [0.1, 0.15) is 72.7 Å². The summed E-state index contributed by atoms with van der Waals surface area (Å²) in [7, 11) is 1.40. The minimum Gasteiger partial charge on any atom is -0.469 e. The van der Waals surface area contributed by atoms with Gasteiger partial charge >= 0.3 is 5.97 Å². The molecule has 4 aromatic carbocycles. The topological polar surface area (TPSA) is 81.7 Å². The number of esters is 1. The highest BCUT2D eigenvalue weighted by Gasteiger charge is 2.49. The average molecular weight is 715 g/mol. The second-order valence-corrected chi connectivity index (χ2v) is 12.6. The van der Waals surface area contributed by atoms with Gasteiger partial charge in [0.05, 0.1) is 45.5 Å². The van der Waals surface area contributed by atoms with Gasteiger partial charge in [-0.15, -0.1) is 0 Å².